The third kappa shape index (κ3) is 9.02. The summed E-state index contributed by atoms with van der Waals surface area (Å²) in [4.78, 5) is 63.5. The summed E-state index contributed by atoms with van der Waals surface area (Å²) in [5.74, 6) is -0.730. The first-order valence-corrected chi connectivity index (χ1v) is 12.0. The molecule has 0 aromatic heterocycles. The molecule has 3 rings (SSSR count). The third-order valence-corrected chi connectivity index (χ3v) is 5.67. The van der Waals surface area contributed by atoms with E-state index < -0.39 is 28.0 Å². The molecule has 16 nitrogen and oxygen atoms in total. The van der Waals surface area contributed by atoms with Crippen LogP contribution >= 0.6 is 0 Å². The largest absolute Gasteiger partial charge is 0.444 e. The van der Waals surface area contributed by atoms with Crippen molar-refractivity contribution in [2.24, 2.45) is 4.99 Å². The van der Waals surface area contributed by atoms with Crippen LogP contribution in [0.15, 0.2) is 53.5 Å². The molecule has 0 saturated carbocycles. The van der Waals surface area contributed by atoms with Crippen molar-refractivity contribution in [3.8, 4) is 0 Å². The summed E-state index contributed by atoms with van der Waals surface area (Å²) in [7, 11) is 0. The molecule has 212 valence electrons. The van der Waals surface area contributed by atoms with E-state index in [1.807, 2.05) is 6.92 Å². The van der Waals surface area contributed by atoms with Gasteiger partial charge < -0.3 is 19.7 Å². The van der Waals surface area contributed by atoms with E-state index in [9.17, 15) is 34.6 Å². The zero-order valence-electron chi connectivity index (χ0n) is 21.4. The molecule has 16 heteroatoms. The molecule has 0 bridgehead atoms. The Kier molecular flexibility index (Phi) is 10.4. The number of amides is 3. The van der Waals surface area contributed by atoms with Gasteiger partial charge in [0, 0.05) is 49.9 Å². The monoisotopic (exact) mass is 557 g/mol. The maximum absolute atomic E-state index is 12.7. The minimum Gasteiger partial charge on any atom is -0.444 e. The Morgan fingerprint density at radius 3 is 1.82 bits per heavy atom. The van der Waals surface area contributed by atoms with Gasteiger partial charge in [-0.1, -0.05) is 0 Å². The first-order valence-electron chi connectivity index (χ1n) is 12.0. The Bertz CT molecular complexity index is 1190. The van der Waals surface area contributed by atoms with E-state index in [4.69, 9.17) is 9.47 Å². The van der Waals surface area contributed by atoms with E-state index in [0.29, 0.717) is 30.8 Å². The average molecular weight is 558 g/mol. The lowest BCUT2D eigenvalue weighted by Crippen LogP contribution is -2.53. The molecule has 3 amide bonds. The van der Waals surface area contributed by atoms with Gasteiger partial charge in [0.2, 0.25) is 11.9 Å². The zero-order valence-corrected chi connectivity index (χ0v) is 21.4. The maximum Gasteiger partial charge on any atom is 0.414 e. The molecule has 1 atom stereocenters. The molecule has 1 fully saturated rings. The second-order valence-electron chi connectivity index (χ2n) is 8.55. The quantitative estimate of drug-likeness (QED) is 0.186. The Morgan fingerprint density at radius 1 is 0.925 bits per heavy atom. The fourth-order valence-corrected chi connectivity index (χ4v) is 3.55. The van der Waals surface area contributed by atoms with E-state index in [1.54, 1.807) is 4.90 Å². The second kappa shape index (κ2) is 14.1. The summed E-state index contributed by atoms with van der Waals surface area (Å²) in [6, 6.07) is 10.6. The number of nitrogens with one attached hydrogen (secondary N) is 3. The number of carbonyl (C=O) groups excluding carboxylic acids is 3. The van der Waals surface area contributed by atoms with Gasteiger partial charge in [-0.05, 0) is 42.3 Å². The Morgan fingerprint density at radius 2 is 1.40 bits per heavy atom. The van der Waals surface area contributed by atoms with Gasteiger partial charge in [-0.3, -0.25) is 35.7 Å². The summed E-state index contributed by atoms with van der Waals surface area (Å²) < 4.78 is 10.2. The lowest BCUT2D eigenvalue weighted by Gasteiger charge is -2.33. The third-order valence-electron chi connectivity index (χ3n) is 5.67. The molecule has 1 unspecified atom stereocenters. The molecular weight excluding hydrogens is 530 g/mol. The van der Waals surface area contributed by atoms with Crippen molar-refractivity contribution in [1.29, 1.82) is 0 Å². The highest BCUT2D eigenvalue weighted by Crippen LogP contribution is 2.13. The van der Waals surface area contributed by atoms with Crippen LogP contribution < -0.4 is 16.0 Å². The molecule has 0 aliphatic carbocycles. The van der Waals surface area contributed by atoms with Gasteiger partial charge in [0.05, 0.1) is 9.85 Å². The van der Waals surface area contributed by atoms with Gasteiger partial charge in [0.15, 0.2) is 0 Å². The zero-order chi connectivity index (χ0) is 29.1. The number of hydrogen-bond acceptors (Lipinski definition) is 11. The van der Waals surface area contributed by atoms with Crippen LogP contribution in [-0.4, -0.2) is 71.0 Å². The number of hydrogen-bond donors (Lipinski definition) is 3. The Balaban J connectivity index is 1.61. The number of non-ortho nitro benzene ring substituents is 2. The summed E-state index contributed by atoms with van der Waals surface area (Å²) in [5.41, 5.74) is 0.695. The number of ether oxygens (including phenoxy) is 2. The highest BCUT2D eigenvalue weighted by Gasteiger charge is 2.23. The highest BCUT2D eigenvalue weighted by atomic mass is 16.6. The van der Waals surface area contributed by atoms with Crippen molar-refractivity contribution in [3.63, 3.8) is 0 Å². The van der Waals surface area contributed by atoms with Crippen LogP contribution in [0.25, 0.3) is 0 Å². The van der Waals surface area contributed by atoms with Gasteiger partial charge in [-0.25, -0.2) is 14.6 Å². The van der Waals surface area contributed by atoms with Crippen LogP contribution in [0.2, 0.25) is 0 Å². The first-order chi connectivity index (χ1) is 19.1. The smallest absolute Gasteiger partial charge is 0.414 e. The van der Waals surface area contributed by atoms with Crippen molar-refractivity contribution in [1.82, 2.24) is 20.9 Å². The molecule has 1 aliphatic rings. The van der Waals surface area contributed by atoms with Crippen molar-refractivity contribution in [2.75, 3.05) is 26.2 Å². The Labute approximate surface area is 227 Å². The lowest BCUT2D eigenvalue weighted by molar-refractivity contribution is -0.385. The van der Waals surface area contributed by atoms with Gasteiger partial charge in [-0.15, -0.1) is 0 Å². The average Bonchev–Trinajstić information content (AvgIpc) is 2.94. The predicted octanol–water partition coefficient (Wildman–Crippen LogP) is 1.83. The van der Waals surface area contributed by atoms with Crippen molar-refractivity contribution in [2.45, 2.75) is 26.2 Å². The van der Waals surface area contributed by atoms with E-state index in [1.165, 1.54) is 48.5 Å². The number of alkyl carbamates (subject to hydrolysis) is 2. The van der Waals surface area contributed by atoms with E-state index >= 15 is 0 Å². The molecule has 1 aliphatic heterocycles. The van der Waals surface area contributed by atoms with Crippen LogP contribution in [0.5, 0.6) is 0 Å². The van der Waals surface area contributed by atoms with E-state index in [-0.39, 0.29) is 43.1 Å². The maximum atomic E-state index is 12.7. The number of guanidine groups is 1. The van der Waals surface area contributed by atoms with Gasteiger partial charge in [0.1, 0.15) is 19.8 Å². The minimum absolute atomic E-state index is 0.0702. The summed E-state index contributed by atoms with van der Waals surface area (Å²) in [6.07, 6.45) is -2.04. The number of rotatable bonds is 8. The highest BCUT2D eigenvalue weighted by molar-refractivity contribution is 6.02. The summed E-state index contributed by atoms with van der Waals surface area (Å²) in [5, 5.41) is 29.2. The van der Waals surface area contributed by atoms with Gasteiger partial charge >= 0.3 is 12.2 Å². The van der Waals surface area contributed by atoms with Crippen LogP contribution in [-0.2, 0) is 27.5 Å². The number of nitro benzene ring substituents is 2. The van der Waals surface area contributed by atoms with Gasteiger partial charge in [-0.2, -0.15) is 0 Å². The predicted molar refractivity (Wildman–Crippen MR) is 139 cm³/mol. The number of carbonyl (C=O) groups is 3. The number of aliphatic imine (C=N–C) groups is 1. The standard InChI is InChI=1S/C24H27N7O9/c1-16-12-25-10-11-29(16)21(32)13-26-22(27-23(33)39-14-17-2-6-19(7-3-17)30(35)36)28-24(34)40-15-18-4-8-20(9-5-18)31(37)38/h2-9,16,25H,10-15H2,1H3,(H2,26,27,28,33,34). The number of piperazine rings is 1. The van der Waals surface area contributed by atoms with Crippen LogP contribution in [0, 0.1) is 20.2 Å². The molecule has 40 heavy (non-hydrogen) atoms. The topological polar surface area (TPSA) is 208 Å². The first kappa shape index (κ1) is 29.4. The van der Waals surface area contributed by atoms with Crippen LogP contribution in [0.1, 0.15) is 18.1 Å². The fraction of sp³-hybridized carbons (Fsp3) is 0.333. The molecule has 0 spiro atoms. The Hall–Kier alpha value is -5.12. The summed E-state index contributed by atoms with van der Waals surface area (Å²) in [6.45, 7) is 2.72. The molecule has 2 aromatic rings. The molecular formula is C24H27N7O9. The molecule has 2 aromatic carbocycles. The second-order valence-corrected chi connectivity index (χ2v) is 8.55. The normalized spacial score (nSPS) is 14.4. The molecule has 3 N–H and O–H groups in total. The molecule has 1 heterocycles. The number of nitrogens with zero attached hydrogens (tertiary/aromatic N) is 4. The van der Waals surface area contributed by atoms with Crippen molar-refractivity contribution in [3.05, 3.63) is 79.9 Å². The lowest BCUT2D eigenvalue weighted by atomic mass is 10.2. The van der Waals surface area contributed by atoms with Crippen molar-refractivity contribution >= 4 is 35.4 Å². The van der Waals surface area contributed by atoms with Crippen molar-refractivity contribution < 1.29 is 33.7 Å². The van der Waals surface area contributed by atoms with Crippen LogP contribution in [0.4, 0.5) is 21.0 Å². The SMILES string of the molecule is CC1CNCCN1C(=O)CN=C(NC(=O)OCc1ccc([N+](=O)[O-])cc1)NC(=O)OCc1ccc([N+](=O)[O-])cc1. The molecule has 0 radical (unpaired) electrons. The summed E-state index contributed by atoms with van der Waals surface area (Å²) >= 11 is 0. The number of benzene rings is 2. The van der Waals surface area contributed by atoms with E-state index in [0.717, 1.165) is 0 Å². The number of nitro groups is 2. The fourth-order valence-electron chi connectivity index (χ4n) is 3.55. The minimum atomic E-state index is -1.02. The van der Waals surface area contributed by atoms with Gasteiger partial charge in [0.25, 0.3) is 11.4 Å². The van der Waals surface area contributed by atoms with Crippen LogP contribution in [0.3, 0.4) is 0 Å². The van der Waals surface area contributed by atoms with E-state index in [2.05, 4.69) is 20.9 Å². The molecule has 1 saturated heterocycles.